The summed E-state index contributed by atoms with van der Waals surface area (Å²) < 4.78 is 0. The standard InChI is InChI=1S/C20H39NO/c1-20(2)17-15-13-11-9-7-5-3-4-6-8-10-12-14-16-18-21-19-22/h20H,3-18H2,1-2H3. The van der Waals surface area contributed by atoms with E-state index in [0.29, 0.717) is 6.54 Å². The second-order valence-electron chi connectivity index (χ2n) is 7.11. The minimum Gasteiger partial charge on any atom is -0.211 e. The van der Waals surface area contributed by atoms with Crippen LogP contribution in [0.25, 0.3) is 0 Å². The van der Waals surface area contributed by atoms with Gasteiger partial charge in [-0.15, -0.1) is 0 Å². The molecule has 0 N–H and O–H groups in total. The zero-order valence-corrected chi connectivity index (χ0v) is 15.2. The van der Waals surface area contributed by atoms with Gasteiger partial charge in [0.15, 0.2) is 0 Å². The maximum absolute atomic E-state index is 9.89. The van der Waals surface area contributed by atoms with Crippen molar-refractivity contribution in [2.45, 2.75) is 110 Å². The highest BCUT2D eigenvalue weighted by molar-refractivity contribution is 5.32. The Hall–Kier alpha value is -0.620. The number of carbonyl (C=O) groups excluding carboxylic acids is 1. The molecule has 0 spiro atoms. The summed E-state index contributed by atoms with van der Waals surface area (Å²) in [6.45, 7) is 5.31. The van der Waals surface area contributed by atoms with E-state index in [4.69, 9.17) is 0 Å². The molecule has 130 valence electrons. The SMILES string of the molecule is CC(C)CCCCCCCCCCCCCCCCN=C=O. The van der Waals surface area contributed by atoms with Crippen LogP contribution in [-0.2, 0) is 4.79 Å². The van der Waals surface area contributed by atoms with Gasteiger partial charge in [-0.2, -0.15) is 0 Å². The van der Waals surface area contributed by atoms with Crippen LogP contribution in [0.2, 0.25) is 0 Å². The maximum atomic E-state index is 9.89. The van der Waals surface area contributed by atoms with Gasteiger partial charge < -0.3 is 0 Å². The predicted molar refractivity (Wildman–Crippen MR) is 97.1 cm³/mol. The molecule has 0 radical (unpaired) electrons. The number of rotatable bonds is 17. The van der Waals surface area contributed by atoms with Crippen LogP contribution in [-0.4, -0.2) is 12.6 Å². The minimum absolute atomic E-state index is 0.668. The lowest BCUT2D eigenvalue weighted by Gasteiger charge is -2.04. The molecule has 22 heavy (non-hydrogen) atoms. The normalized spacial score (nSPS) is 10.9. The van der Waals surface area contributed by atoms with E-state index in [2.05, 4.69) is 18.8 Å². The Morgan fingerprint density at radius 2 is 1.00 bits per heavy atom. The lowest BCUT2D eigenvalue weighted by atomic mass is 10.0. The first-order chi connectivity index (χ1) is 10.8. The molecule has 0 bridgehead atoms. The molecule has 0 aliphatic heterocycles. The molecular formula is C20H39NO. The summed E-state index contributed by atoms with van der Waals surface area (Å²) in [7, 11) is 0. The number of nitrogens with zero attached hydrogens (tertiary/aromatic N) is 1. The van der Waals surface area contributed by atoms with Crippen molar-refractivity contribution in [2.75, 3.05) is 6.54 Å². The lowest BCUT2D eigenvalue weighted by Crippen LogP contribution is -1.87. The smallest absolute Gasteiger partial charge is 0.211 e. The van der Waals surface area contributed by atoms with E-state index in [9.17, 15) is 4.79 Å². The topological polar surface area (TPSA) is 29.4 Å². The van der Waals surface area contributed by atoms with E-state index >= 15 is 0 Å². The first-order valence-electron chi connectivity index (χ1n) is 9.81. The van der Waals surface area contributed by atoms with Crippen molar-refractivity contribution in [1.29, 1.82) is 0 Å². The molecule has 0 saturated carbocycles. The molecule has 0 aromatic heterocycles. The van der Waals surface area contributed by atoms with E-state index in [1.54, 1.807) is 6.08 Å². The van der Waals surface area contributed by atoms with Gasteiger partial charge in [-0.25, -0.2) is 9.79 Å². The van der Waals surface area contributed by atoms with E-state index in [1.807, 2.05) is 0 Å². The van der Waals surface area contributed by atoms with Crippen LogP contribution < -0.4 is 0 Å². The zero-order chi connectivity index (χ0) is 16.3. The molecule has 0 aromatic rings. The molecule has 0 saturated heterocycles. The van der Waals surface area contributed by atoms with Crippen LogP contribution in [0.1, 0.15) is 110 Å². The summed E-state index contributed by atoms with van der Waals surface area (Å²) in [5, 5.41) is 0. The second kappa shape index (κ2) is 18.4. The predicted octanol–water partition coefficient (Wildman–Crippen LogP) is 6.83. The summed E-state index contributed by atoms with van der Waals surface area (Å²) in [5.41, 5.74) is 0. The summed E-state index contributed by atoms with van der Waals surface area (Å²) in [6.07, 6.45) is 22.2. The monoisotopic (exact) mass is 309 g/mol. The van der Waals surface area contributed by atoms with Crippen molar-refractivity contribution in [3.05, 3.63) is 0 Å². The summed E-state index contributed by atoms with van der Waals surface area (Å²) in [5.74, 6) is 0.879. The number of aliphatic imine (C=N–C) groups is 1. The maximum Gasteiger partial charge on any atom is 0.234 e. The fraction of sp³-hybridized carbons (Fsp3) is 0.950. The van der Waals surface area contributed by atoms with Gasteiger partial charge in [0.25, 0.3) is 0 Å². The molecule has 0 aromatic carbocycles. The highest BCUT2D eigenvalue weighted by atomic mass is 16.1. The molecule has 0 fully saturated rings. The molecule has 0 aliphatic carbocycles. The summed E-state index contributed by atoms with van der Waals surface area (Å²) in [4.78, 5) is 13.5. The Kier molecular flexibility index (Phi) is 17.9. The number of hydrogen-bond acceptors (Lipinski definition) is 2. The van der Waals surface area contributed by atoms with Gasteiger partial charge in [-0.1, -0.05) is 104 Å². The Morgan fingerprint density at radius 3 is 1.36 bits per heavy atom. The average Bonchev–Trinajstić information content (AvgIpc) is 2.50. The van der Waals surface area contributed by atoms with Gasteiger partial charge >= 0.3 is 0 Å². The van der Waals surface area contributed by atoms with Crippen LogP contribution >= 0.6 is 0 Å². The molecule has 0 aliphatic rings. The number of isocyanates is 1. The Bertz CT molecular complexity index is 256. The molecule has 2 nitrogen and oxygen atoms in total. The third kappa shape index (κ3) is 19.4. The van der Waals surface area contributed by atoms with Crippen LogP contribution in [0.5, 0.6) is 0 Å². The highest BCUT2D eigenvalue weighted by Gasteiger charge is 1.96. The van der Waals surface area contributed by atoms with Gasteiger partial charge in [0, 0.05) is 0 Å². The minimum atomic E-state index is 0.668. The number of unbranched alkanes of at least 4 members (excludes halogenated alkanes) is 13. The fourth-order valence-corrected chi connectivity index (χ4v) is 2.91. The van der Waals surface area contributed by atoms with Gasteiger partial charge in [-0.3, -0.25) is 0 Å². The first-order valence-corrected chi connectivity index (χ1v) is 9.81. The van der Waals surface area contributed by atoms with Gasteiger partial charge in [0.05, 0.1) is 6.54 Å². The van der Waals surface area contributed by atoms with E-state index in [-0.39, 0.29) is 0 Å². The second-order valence-corrected chi connectivity index (χ2v) is 7.11. The van der Waals surface area contributed by atoms with Crippen molar-refractivity contribution in [1.82, 2.24) is 0 Å². The van der Waals surface area contributed by atoms with Crippen molar-refractivity contribution in [3.63, 3.8) is 0 Å². The molecule has 0 atom stereocenters. The third-order valence-corrected chi connectivity index (χ3v) is 4.37. The summed E-state index contributed by atoms with van der Waals surface area (Å²) in [6, 6.07) is 0. The third-order valence-electron chi connectivity index (χ3n) is 4.37. The van der Waals surface area contributed by atoms with Crippen molar-refractivity contribution >= 4 is 6.08 Å². The van der Waals surface area contributed by atoms with Crippen LogP contribution in [0, 0.1) is 5.92 Å². The highest BCUT2D eigenvalue weighted by Crippen LogP contribution is 2.14. The van der Waals surface area contributed by atoms with Crippen LogP contribution in [0.3, 0.4) is 0 Å². The van der Waals surface area contributed by atoms with Crippen LogP contribution in [0.15, 0.2) is 4.99 Å². The molecule has 0 amide bonds. The van der Waals surface area contributed by atoms with Crippen molar-refractivity contribution in [3.8, 4) is 0 Å². The lowest BCUT2D eigenvalue weighted by molar-refractivity contribution is 0.502. The van der Waals surface area contributed by atoms with E-state index < -0.39 is 0 Å². The molecule has 0 rings (SSSR count). The Balaban J connectivity index is 2.98. The van der Waals surface area contributed by atoms with Gasteiger partial charge in [-0.05, 0) is 12.3 Å². The van der Waals surface area contributed by atoms with Gasteiger partial charge in [0.2, 0.25) is 6.08 Å². The average molecular weight is 310 g/mol. The van der Waals surface area contributed by atoms with Crippen molar-refractivity contribution in [2.24, 2.45) is 10.9 Å². The van der Waals surface area contributed by atoms with E-state index in [0.717, 1.165) is 12.3 Å². The first kappa shape index (κ1) is 21.4. The Morgan fingerprint density at radius 1 is 0.636 bits per heavy atom. The molecule has 0 heterocycles. The number of hydrogen-bond donors (Lipinski definition) is 0. The summed E-state index contributed by atoms with van der Waals surface area (Å²) >= 11 is 0. The van der Waals surface area contributed by atoms with Crippen molar-refractivity contribution < 1.29 is 4.79 Å². The fourth-order valence-electron chi connectivity index (χ4n) is 2.91. The van der Waals surface area contributed by atoms with Gasteiger partial charge in [0.1, 0.15) is 0 Å². The van der Waals surface area contributed by atoms with E-state index in [1.165, 1.54) is 89.9 Å². The molecule has 0 unspecified atom stereocenters. The molecular weight excluding hydrogens is 270 g/mol. The van der Waals surface area contributed by atoms with Crippen LogP contribution in [0.4, 0.5) is 0 Å². The molecule has 2 heteroatoms. The largest absolute Gasteiger partial charge is 0.234 e. The Labute approximate surface area is 139 Å². The zero-order valence-electron chi connectivity index (χ0n) is 15.2. The quantitative estimate of drug-likeness (QED) is 0.164.